The Morgan fingerprint density at radius 3 is 2.31 bits per heavy atom. The molecule has 0 fully saturated rings. The lowest BCUT2D eigenvalue weighted by atomic mass is 9.92. The molecule has 0 saturated carbocycles. The number of rotatable bonds is 7. The summed E-state index contributed by atoms with van der Waals surface area (Å²) < 4.78 is 55.3. The molecule has 2 aromatic carbocycles. The van der Waals surface area contributed by atoms with Gasteiger partial charge in [0.1, 0.15) is 11.5 Å². The maximum Gasteiger partial charge on any atom is 0.301 e. The van der Waals surface area contributed by atoms with E-state index >= 15 is 0 Å². The van der Waals surface area contributed by atoms with Gasteiger partial charge in [-0.2, -0.15) is 0 Å². The highest BCUT2D eigenvalue weighted by Crippen LogP contribution is 2.24. The fourth-order valence-corrected chi connectivity index (χ4v) is 5.74. The smallest absolute Gasteiger partial charge is 0.301 e. The lowest BCUT2D eigenvalue weighted by Gasteiger charge is -2.16. The van der Waals surface area contributed by atoms with Crippen LogP contribution in [0.4, 0.5) is 0 Å². The molecule has 32 heavy (non-hydrogen) atoms. The second kappa shape index (κ2) is 8.89. The van der Waals surface area contributed by atoms with Gasteiger partial charge in [-0.05, 0) is 73.2 Å². The summed E-state index contributed by atoms with van der Waals surface area (Å²) in [4.78, 5) is 14.6. The number of sulfonamides is 1. The van der Waals surface area contributed by atoms with E-state index in [-0.39, 0.29) is 21.3 Å². The fourth-order valence-electron chi connectivity index (χ4n) is 3.59. The van der Waals surface area contributed by atoms with Crippen LogP contribution in [0.3, 0.4) is 0 Å². The van der Waals surface area contributed by atoms with Crippen molar-refractivity contribution in [3.63, 3.8) is 0 Å². The number of hydrogen-bond donors (Lipinski definition) is 2. The highest BCUT2D eigenvalue weighted by molar-refractivity contribution is 7.90. The Hall–Kier alpha value is -2.95. The molecule has 1 heterocycles. The molecule has 8 nitrogen and oxygen atoms in total. The van der Waals surface area contributed by atoms with Gasteiger partial charge in [0.25, 0.3) is 10.0 Å². The monoisotopic (exact) mass is 474 g/mol. The van der Waals surface area contributed by atoms with Crippen LogP contribution in [0.15, 0.2) is 74.9 Å². The Morgan fingerprint density at radius 2 is 1.56 bits per heavy atom. The molecular formula is C22H22N2O6S2. The molecule has 1 aliphatic rings. The maximum atomic E-state index is 12.6. The summed E-state index contributed by atoms with van der Waals surface area (Å²) in [6.07, 6.45) is 3.86. The lowest BCUT2D eigenvalue weighted by Crippen LogP contribution is -2.41. The minimum absolute atomic E-state index is 0.0625. The number of fused-ring (bicyclic) bond motifs is 1. The Bertz CT molecular complexity index is 1350. The van der Waals surface area contributed by atoms with E-state index in [1.807, 2.05) is 0 Å². The average molecular weight is 475 g/mol. The van der Waals surface area contributed by atoms with Crippen molar-refractivity contribution >= 4 is 25.8 Å². The van der Waals surface area contributed by atoms with Crippen molar-refractivity contribution in [3.05, 3.63) is 83.3 Å². The number of hydrogen-bond acceptors (Lipinski definition) is 6. The highest BCUT2D eigenvalue weighted by atomic mass is 32.2. The highest BCUT2D eigenvalue weighted by Gasteiger charge is 2.22. The molecule has 4 rings (SSSR count). The minimum atomic E-state index is -3.97. The first-order valence-corrected chi connectivity index (χ1v) is 13.2. The van der Waals surface area contributed by atoms with Gasteiger partial charge in [0.15, 0.2) is 15.6 Å². The summed E-state index contributed by atoms with van der Waals surface area (Å²) in [5, 5.41) is 0. The summed E-state index contributed by atoms with van der Waals surface area (Å²) in [7, 11) is -7.62. The minimum Gasteiger partial charge on any atom is -0.455 e. The van der Waals surface area contributed by atoms with Crippen LogP contribution in [0.2, 0.25) is 0 Å². The summed E-state index contributed by atoms with van der Waals surface area (Å²) >= 11 is 0. The molecular weight excluding hydrogens is 452 g/mol. The van der Waals surface area contributed by atoms with Crippen molar-refractivity contribution in [1.29, 1.82) is 0 Å². The molecule has 3 aromatic rings. The lowest BCUT2D eigenvalue weighted by molar-refractivity contribution is 0.0915. The number of furan rings is 1. The number of aryl methyl sites for hydroxylation is 2. The molecule has 168 valence electrons. The summed E-state index contributed by atoms with van der Waals surface area (Å²) in [6.45, 7) is 0. The van der Waals surface area contributed by atoms with Crippen molar-refractivity contribution in [2.45, 2.75) is 41.2 Å². The van der Waals surface area contributed by atoms with E-state index in [0.717, 1.165) is 36.8 Å². The third-order valence-electron chi connectivity index (χ3n) is 5.25. The van der Waals surface area contributed by atoms with Crippen LogP contribution in [-0.2, 0) is 38.5 Å². The SMILES string of the molecule is O=C(NNS(=O)(=O)c1ccc2c(c1)CCCC2)c1ccc(CS(=O)(=O)c2ccccc2)o1. The van der Waals surface area contributed by atoms with E-state index in [4.69, 9.17) is 4.42 Å². The number of nitrogens with one attached hydrogen (secondary N) is 2. The van der Waals surface area contributed by atoms with Crippen molar-refractivity contribution in [3.8, 4) is 0 Å². The Morgan fingerprint density at radius 1 is 0.844 bits per heavy atom. The van der Waals surface area contributed by atoms with Crippen LogP contribution in [0.1, 0.15) is 40.3 Å². The van der Waals surface area contributed by atoms with Crippen molar-refractivity contribution in [2.75, 3.05) is 0 Å². The standard InChI is InChI=1S/C22H22N2O6S2/c25-22(21-13-11-18(30-21)15-31(26,27)19-8-2-1-3-9-19)23-24-32(28,29)20-12-10-16-6-4-5-7-17(16)14-20/h1-3,8-14,24H,4-7,15H2,(H,23,25). The average Bonchev–Trinajstić information content (AvgIpc) is 3.25. The molecule has 0 unspecified atom stereocenters. The molecule has 0 atom stereocenters. The number of hydrazine groups is 1. The molecule has 0 spiro atoms. The predicted octanol–water partition coefficient (Wildman–Crippen LogP) is 2.76. The Labute approximate surface area is 186 Å². The quantitative estimate of drug-likeness (QED) is 0.508. The van der Waals surface area contributed by atoms with Gasteiger partial charge in [0, 0.05) is 0 Å². The summed E-state index contributed by atoms with van der Waals surface area (Å²) in [5.41, 5.74) is 4.25. The van der Waals surface area contributed by atoms with E-state index in [1.54, 1.807) is 30.3 Å². The zero-order valence-corrected chi connectivity index (χ0v) is 18.7. The van der Waals surface area contributed by atoms with E-state index < -0.39 is 31.5 Å². The van der Waals surface area contributed by atoms with Gasteiger partial charge in [-0.1, -0.05) is 24.3 Å². The zero-order valence-electron chi connectivity index (χ0n) is 17.1. The molecule has 10 heteroatoms. The van der Waals surface area contributed by atoms with Gasteiger partial charge in [-0.3, -0.25) is 10.2 Å². The Balaban J connectivity index is 1.41. The first-order valence-electron chi connectivity index (χ1n) is 10.1. The molecule has 0 saturated heterocycles. The number of carbonyl (C=O) groups is 1. The van der Waals surface area contributed by atoms with E-state index in [0.29, 0.717) is 0 Å². The third kappa shape index (κ3) is 4.93. The van der Waals surface area contributed by atoms with Gasteiger partial charge in [0.05, 0.1) is 9.79 Å². The van der Waals surface area contributed by atoms with Crippen molar-refractivity contribution < 1.29 is 26.0 Å². The summed E-state index contributed by atoms with van der Waals surface area (Å²) in [5.74, 6) is -1.41. The predicted molar refractivity (Wildman–Crippen MR) is 117 cm³/mol. The third-order valence-corrected chi connectivity index (χ3v) is 8.15. The van der Waals surface area contributed by atoms with Gasteiger partial charge in [-0.25, -0.2) is 16.8 Å². The normalized spacial score (nSPS) is 14.0. The van der Waals surface area contributed by atoms with Crippen molar-refractivity contribution in [2.24, 2.45) is 0 Å². The molecule has 0 bridgehead atoms. The largest absolute Gasteiger partial charge is 0.455 e. The molecule has 0 aliphatic heterocycles. The van der Waals surface area contributed by atoms with Gasteiger partial charge in [0.2, 0.25) is 0 Å². The van der Waals surface area contributed by atoms with E-state index in [1.165, 1.54) is 30.3 Å². The molecule has 2 N–H and O–H groups in total. The van der Waals surface area contributed by atoms with Crippen LogP contribution in [0, 0.1) is 0 Å². The van der Waals surface area contributed by atoms with E-state index in [9.17, 15) is 21.6 Å². The topological polar surface area (TPSA) is 123 Å². The fraction of sp³-hybridized carbons (Fsp3) is 0.227. The second-order valence-electron chi connectivity index (χ2n) is 7.54. The number of sulfone groups is 1. The van der Waals surface area contributed by atoms with Crippen molar-refractivity contribution in [1.82, 2.24) is 10.3 Å². The second-order valence-corrected chi connectivity index (χ2v) is 11.2. The van der Waals surface area contributed by atoms with Gasteiger partial charge < -0.3 is 4.42 Å². The number of benzene rings is 2. The van der Waals surface area contributed by atoms with Crippen LogP contribution in [-0.4, -0.2) is 22.7 Å². The first-order chi connectivity index (χ1) is 15.2. The van der Waals surface area contributed by atoms with Gasteiger partial charge >= 0.3 is 5.91 Å². The van der Waals surface area contributed by atoms with Crippen LogP contribution < -0.4 is 10.3 Å². The maximum absolute atomic E-state index is 12.6. The Kier molecular flexibility index (Phi) is 6.18. The van der Waals surface area contributed by atoms with Crippen LogP contribution in [0.25, 0.3) is 0 Å². The first kappa shape index (κ1) is 22.3. The van der Waals surface area contributed by atoms with Gasteiger partial charge in [-0.15, -0.1) is 4.83 Å². The molecule has 0 radical (unpaired) electrons. The van der Waals surface area contributed by atoms with Crippen LogP contribution >= 0.6 is 0 Å². The molecule has 1 aromatic heterocycles. The molecule has 1 amide bonds. The van der Waals surface area contributed by atoms with Crippen LogP contribution in [0.5, 0.6) is 0 Å². The summed E-state index contributed by atoms with van der Waals surface area (Å²) in [6, 6.07) is 15.5. The van der Waals surface area contributed by atoms with E-state index in [2.05, 4.69) is 10.3 Å². The molecule has 1 aliphatic carbocycles. The zero-order chi connectivity index (χ0) is 22.8. The number of amides is 1. The number of carbonyl (C=O) groups excluding carboxylic acids is 1.